The van der Waals surface area contributed by atoms with Gasteiger partial charge in [0.2, 0.25) is 0 Å². The quantitative estimate of drug-likeness (QED) is 0.366. The molecule has 4 nitrogen and oxygen atoms in total. The molecule has 0 fully saturated rings. The molecule has 32 heavy (non-hydrogen) atoms. The number of hydrogen-bond acceptors (Lipinski definition) is 4. The predicted octanol–water partition coefficient (Wildman–Crippen LogP) is 3.43. The minimum absolute atomic E-state index is 0. The van der Waals surface area contributed by atoms with Gasteiger partial charge in [0.25, 0.3) is 0 Å². The molecule has 0 saturated heterocycles. The van der Waals surface area contributed by atoms with Gasteiger partial charge in [-0.15, -0.1) is 0 Å². The molecular weight excluding hydrogens is 414 g/mol. The van der Waals surface area contributed by atoms with Crippen LogP contribution >= 0.6 is 8.58 Å². The molecule has 0 N–H and O–H groups in total. The molecule has 0 spiro atoms. The number of hydrogen-bond donors (Lipinski definition) is 0. The first-order valence-electron chi connectivity index (χ1n) is 11.3. The van der Waals surface area contributed by atoms with Crippen LogP contribution < -0.4 is 38.4 Å². The maximum Gasteiger partial charge on any atom is 1.00 e. The summed E-state index contributed by atoms with van der Waals surface area (Å²) in [7, 11) is -0.0840. The largest absolute Gasteiger partial charge is 1.00 e. The number of benzene rings is 2. The van der Waals surface area contributed by atoms with Crippen LogP contribution in [-0.4, -0.2) is 25.3 Å². The molecule has 2 aromatic carbocycles. The summed E-state index contributed by atoms with van der Waals surface area (Å²) in [5.41, 5.74) is 5.40. The normalized spacial score (nSPS) is 10.8. The smallest absolute Gasteiger partial charge is 0.493 e. The van der Waals surface area contributed by atoms with Gasteiger partial charge in [0.15, 0.2) is 5.52 Å². The average molecular weight is 451 g/mol. The molecule has 0 bridgehead atoms. The Bertz CT molecular complexity index is 882. The SMILES string of the molecule is CCCOc1cc(OCCC)c(PC(=O)c2c(C)cc(C)c(C)c2C)c(OCCC)c1.[Li+]. The van der Waals surface area contributed by atoms with Crippen LogP contribution in [0.3, 0.4) is 0 Å². The summed E-state index contributed by atoms with van der Waals surface area (Å²) >= 11 is 0. The number of carbonyl (C=O) groups excluding carboxylic acids is 1. The maximum atomic E-state index is 13.5. The second kappa shape index (κ2) is 13.9. The Hall–Kier alpha value is -1.46. The second-order valence-corrected chi connectivity index (χ2v) is 9.13. The van der Waals surface area contributed by atoms with Crippen LogP contribution in [0.4, 0.5) is 0 Å². The van der Waals surface area contributed by atoms with Crippen molar-refractivity contribution in [2.45, 2.75) is 67.7 Å². The van der Waals surface area contributed by atoms with Crippen molar-refractivity contribution >= 4 is 19.4 Å². The first-order chi connectivity index (χ1) is 14.8. The van der Waals surface area contributed by atoms with Gasteiger partial charge in [-0.3, -0.25) is 4.79 Å². The Morgan fingerprint density at radius 2 is 1.25 bits per heavy atom. The fourth-order valence-corrected chi connectivity index (χ4v) is 4.73. The summed E-state index contributed by atoms with van der Waals surface area (Å²) in [5, 5.41) is 0.827. The van der Waals surface area contributed by atoms with Crippen molar-refractivity contribution in [1.82, 2.24) is 0 Å². The summed E-state index contributed by atoms with van der Waals surface area (Å²) in [6.07, 6.45) is 2.69. The van der Waals surface area contributed by atoms with Gasteiger partial charge in [-0.05, 0) is 77.8 Å². The molecule has 170 valence electrons. The van der Waals surface area contributed by atoms with Crippen LogP contribution in [-0.2, 0) is 0 Å². The van der Waals surface area contributed by atoms with Gasteiger partial charge in [-0.2, -0.15) is 0 Å². The summed E-state index contributed by atoms with van der Waals surface area (Å²) in [5.74, 6) is 2.10. The molecule has 0 amide bonds. The Morgan fingerprint density at radius 1 is 0.750 bits per heavy atom. The van der Waals surface area contributed by atoms with Gasteiger partial charge < -0.3 is 14.2 Å². The molecule has 0 radical (unpaired) electrons. The number of aryl methyl sites for hydroxylation is 2. The summed E-state index contributed by atoms with van der Waals surface area (Å²) in [6.45, 7) is 16.2. The number of carbonyl (C=O) groups is 1. The van der Waals surface area contributed by atoms with Crippen molar-refractivity contribution in [2.24, 2.45) is 0 Å². The van der Waals surface area contributed by atoms with E-state index < -0.39 is 0 Å². The molecule has 1 unspecified atom stereocenters. The van der Waals surface area contributed by atoms with Gasteiger partial charge in [0.05, 0.1) is 25.1 Å². The van der Waals surface area contributed by atoms with Crippen LogP contribution in [0.5, 0.6) is 17.2 Å². The van der Waals surface area contributed by atoms with E-state index in [2.05, 4.69) is 40.7 Å². The topological polar surface area (TPSA) is 44.8 Å². The van der Waals surface area contributed by atoms with E-state index in [9.17, 15) is 4.79 Å². The molecule has 0 saturated carbocycles. The van der Waals surface area contributed by atoms with E-state index in [1.54, 1.807) is 0 Å². The minimum atomic E-state index is -0.0840. The van der Waals surface area contributed by atoms with Crippen molar-refractivity contribution in [3.8, 4) is 17.2 Å². The Balaban J connectivity index is 0.00000512. The molecule has 2 rings (SSSR count). The van der Waals surface area contributed by atoms with E-state index >= 15 is 0 Å². The van der Waals surface area contributed by atoms with Gasteiger partial charge in [-0.25, -0.2) is 0 Å². The van der Waals surface area contributed by atoms with E-state index in [1.165, 1.54) is 11.1 Å². The Morgan fingerprint density at radius 3 is 1.75 bits per heavy atom. The van der Waals surface area contributed by atoms with Crippen LogP contribution in [0, 0.1) is 27.7 Å². The van der Waals surface area contributed by atoms with Crippen molar-refractivity contribution in [3.63, 3.8) is 0 Å². The monoisotopic (exact) mass is 451 g/mol. The Kier molecular flexibility index (Phi) is 12.4. The molecule has 1 atom stereocenters. The first kappa shape index (κ1) is 28.6. The molecule has 0 aliphatic carbocycles. The third kappa shape index (κ3) is 7.28. The predicted molar refractivity (Wildman–Crippen MR) is 131 cm³/mol. The zero-order valence-electron chi connectivity index (χ0n) is 21.1. The van der Waals surface area contributed by atoms with Crippen LogP contribution in [0.25, 0.3) is 0 Å². The van der Waals surface area contributed by atoms with Crippen molar-refractivity contribution in [2.75, 3.05) is 19.8 Å². The first-order valence-corrected chi connectivity index (χ1v) is 12.3. The molecule has 0 heterocycles. The summed E-state index contributed by atoms with van der Waals surface area (Å²) in [4.78, 5) is 13.5. The molecule has 6 heteroatoms. The van der Waals surface area contributed by atoms with Gasteiger partial charge in [0, 0.05) is 17.7 Å². The van der Waals surface area contributed by atoms with E-state index in [-0.39, 0.29) is 33.0 Å². The van der Waals surface area contributed by atoms with E-state index in [1.807, 2.05) is 26.0 Å². The summed E-state index contributed by atoms with van der Waals surface area (Å²) < 4.78 is 18.0. The zero-order valence-corrected chi connectivity index (χ0v) is 22.1. The Labute approximate surface area is 207 Å². The standard InChI is InChI=1S/C26H37O4P.Li/c1-8-11-28-21-15-22(29-12-9-2)25(23(16-21)30-13-10-3)31-26(27)24-18(5)14-17(4)19(6)20(24)7;/h14-16,31H,8-13H2,1-7H3;/q;+1. The van der Waals surface area contributed by atoms with Gasteiger partial charge in [-0.1, -0.05) is 26.8 Å². The zero-order chi connectivity index (χ0) is 23.0. The van der Waals surface area contributed by atoms with Crippen molar-refractivity contribution < 1.29 is 37.9 Å². The van der Waals surface area contributed by atoms with Crippen molar-refractivity contribution in [3.05, 3.63) is 46.0 Å². The summed E-state index contributed by atoms with van der Waals surface area (Å²) in [6, 6.07) is 5.91. The van der Waals surface area contributed by atoms with Crippen LogP contribution in [0.2, 0.25) is 0 Å². The third-order valence-electron chi connectivity index (χ3n) is 5.26. The van der Waals surface area contributed by atoms with Crippen molar-refractivity contribution in [1.29, 1.82) is 0 Å². The third-order valence-corrected chi connectivity index (χ3v) is 6.48. The minimum Gasteiger partial charge on any atom is -0.493 e. The molecule has 0 aliphatic heterocycles. The van der Waals surface area contributed by atoms with Gasteiger partial charge in [0.1, 0.15) is 17.2 Å². The molecule has 2 aromatic rings. The maximum absolute atomic E-state index is 13.5. The number of ether oxygens (including phenoxy) is 3. The van der Waals surface area contributed by atoms with E-state index in [0.717, 1.165) is 47.0 Å². The van der Waals surface area contributed by atoms with E-state index in [4.69, 9.17) is 14.2 Å². The molecule has 0 aliphatic rings. The average Bonchev–Trinajstić information content (AvgIpc) is 2.74. The van der Waals surface area contributed by atoms with E-state index in [0.29, 0.717) is 31.3 Å². The second-order valence-electron chi connectivity index (χ2n) is 7.93. The fourth-order valence-electron chi connectivity index (χ4n) is 3.45. The van der Waals surface area contributed by atoms with Gasteiger partial charge >= 0.3 is 18.9 Å². The van der Waals surface area contributed by atoms with Crippen LogP contribution in [0.1, 0.15) is 72.6 Å². The molecular formula is C26H37LiO4P+. The number of rotatable bonds is 12. The fraction of sp³-hybridized carbons (Fsp3) is 0.500. The molecule has 0 aromatic heterocycles. The van der Waals surface area contributed by atoms with Crippen LogP contribution in [0.15, 0.2) is 18.2 Å².